The van der Waals surface area contributed by atoms with Crippen LogP contribution in [0.25, 0.3) is 32.8 Å². The molecule has 0 aliphatic heterocycles. The third-order valence-corrected chi connectivity index (χ3v) is 7.10. The van der Waals surface area contributed by atoms with Crippen LogP contribution in [0.1, 0.15) is 55.4 Å². The Labute approximate surface area is 175 Å². The summed E-state index contributed by atoms with van der Waals surface area (Å²) in [5.74, 6) is 0.692. The third-order valence-electron chi connectivity index (χ3n) is 7.10. The topological polar surface area (TPSA) is 3.88 Å². The first-order valence-corrected chi connectivity index (χ1v) is 10.9. The molecule has 1 fully saturated rings. The van der Waals surface area contributed by atoms with Crippen LogP contribution in [0, 0.1) is 20.8 Å². The average molecular weight is 382 g/mol. The zero-order valence-corrected chi connectivity index (χ0v) is 18.0. The minimum Gasteiger partial charge on any atom is -0.198 e. The Kier molecular flexibility index (Phi) is 4.15. The lowest BCUT2D eigenvalue weighted by atomic mass is 9.88. The standard InChI is InChI=1S/C28H30N/c1-18-15-23(21-9-5-6-10-21)17-26(20(18)3)28-25-14-13-22-11-7-8-12-24(22)27(25)16-19(2)29(28)4/h7-8,11-17,21H,5-6,9-10H2,1-4H3/q+1/i16D. The van der Waals surface area contributed by atoms with Gasteiger partial charge in [0.05, 0.1) is 12.3 Å². The van der Waals surface area contributed by atoms with E-state index in [4.69, 9.17) is 1.37 Å². The van der Waals surface area contributed by atoms with Crippen molar-refractivity contribution in [2.45, 2.75) is 52.4 Å². The number of fused-ring (bicyclic) bond motifs is 3. The van der Waals surface area contributed by atoms with Gasteiger partial charge in [-0.3, -0.25) is 0 Å². The Hall–Kier alpha value is -2.67. The van der Waals surface area contributed by atoms with Crippen LogP contribution in [0.2, 0.25) is 0 Å². The Balaban J connectivity index is 1.89. The molecule has 1 aromatic heterocycles. The van der Waals surface area contributed by atoms with Gasteiger partial charge >= 0.3 is 0 Å². The molecule has 4 aromatic rings. The molecule has 0 saturated heterocycles. The van der Waals surface area contributed by atoms with E-state index < -0.39 is 0 Å². The second-order valence-electron chi connectivity index (χ2n) is 8.82. The zero-order chi connectivity index (χ0) is 21.0. The molecule has 5 rings (SSSR count). The molecule has 0 spiro atoms. The van der Waals surface area contributed by atoms with Crippen molar-refractivity contribution in [3.8, 4) is 11.3 Å². The van der Waals surface area contributed by atoms with Crippen molar-refractivity contribution < 1.29 is 5.94 Å². The van der Waals surface area contributed by atoms with Crippen LogP contribution in [0.5, 0.6) is 0 Å². The number of hydrogen-bond donors (Lipinski definition) is 0. The summed E-state index contributed by atoms with van der Waals surface area (Å²) >= 11 is 0. The summed E-state index contributed by atoms with van der Waals surface area (Å²) < 4.78 is 11.2. The highest BCUT2D eigenvalue weighted by Gasteiger charge is 2.24. The predicted molar refractivity (Wildman–Crippen MR) is 123 cm³/mol. The van der Waals surface area contributed by atoms with Gasteiger partial charge in [-0.1, -0.05) is 49.2 Å². The van der Waals surface area contributed by atoms with Crippen LogP contribution < -0.4 is 4.57 Å². The molecule has 146 valence electrons. The number of nitrogens with zero attached hydrogens (tertiary/aromatic N) is 1. The molecule has 0 radical (unpaired) electrons. The van der Waals surface area contributed by atoms with Gasteiger partial charge in [-0.2, -0.15) is 4.57 Å². The molecule has 0 N–H and O–H groups in total. The minimum atomic E-state index is 0.634. The lowest BCUT2D eigenvalue weighted by Gasteiger charge is -2.17. The van der Waals surface area contributed by atoms with Gasteiger partial charge in [0, 0.05) is 18.4 Å². The highest BCUT2D eigenvalue weighted by atomic mass is 14.9. The summed E-state index contributed by atoms with van der Waals surface area (Å²) in [5.41, 5.74) is 7.78. The zero-order valence-electron chi connectivity index (χ0n) is 19.0. The molecule has 0 amide bonds. The Morgan fingerprint density at radius 2 is 1.66 bits per heavy atom. The number of rotatable bonds is 2. The smallest absolute Gasteiger partial charge is 0.198 e. The van der Waals surface area contributed by atoms with E-state index in [1.807, 2.05) is 0 Å². The fourth-order valence-electron chi connectivity index (χ4n) is 5.17. The van der Waals surface area contributed by atoms with E-state index in [1.54, 1.807) is 0 Å². The fourth-order valence-corrected chi connectivity index (χ4v) is 5.17. The second-order valence-corrected chi connectivity index (χ2v) is 8.82. The molecule has 1 heteroatoms. The van der Waals surface area contributed by atoms with Crippen molar-refractivity contribution in [2.24, 2.45) is 7.05 Å². The largest absolute Gasteiger partial charge is 0.220 e. The van der Waals surface area contributed by atoms with Crippen molar-refractivity contribution >= 4 is 21.5 Å². The molecule has 0 unspecified atom stereocenters. The van der Waals surface area contributed by atoms with Crippen LogP contribution in [-0.4, -0.2) is 0 Å². The van der Waals surface area contributed by atoms with Crippen molar-refractivity contribution in [1.29, 1.82) is 0 Å². The SMILES string of the molecule is [2H]c1c(C)[n+](C)c(-c2cc(C3CCCC3)cc(C)c2C)c2ccc3ccccc3c12. The minimum absolute atomic E-state index is 0.634. The molecular weight excluding hydrogens is 350 g/mol. The lowest BCUT2D eigenvalue weighted by molar-refractivity contribution is -0.665. The Bertz CT molecular complexity index is 1300. The van der Waals surface area contributed by atoms with E-state index in [1.165, 1.54) is 69.8 Å². The maximum atomic E-state index is 8.92. The Morgan fingerprint density at radius 3 is 2.45 bits per heavy atom. The lowest BCUT2D eigenvalue weighted by Crippen LogP contribution is -2.35. The molecule has 29 heavy (non-hydrogen) atoms. The van der Waals surface area contributed by atoms with Gasteiger partial charge in [-0.25, -0.2) is 0 Å². The van der Waals surface area contributed by atoms with Crippen molar-refractivity contribution in [3.63, 3.8) is 0 Å². The molecule has 1 aliphatic rings. The second kappa shape index (κ2) is 6.99. The molecule has 3 aromatic carbocycles. The summed E-state index contributed by atoms with van der Waals surface area (Å²) in [6.07, 6.45) is 5.32. The first kappa shape index (κ1) is 17.2. The summed E-state index contributed by atoms with van der Waals surface area (Å²) in [6.45, 7) is 6.58. The molecule has 1 heterocycles. The Morgan fingerprint density at radius 1 is 0.897 bits per heavy atom. The molecule has 1 nitrogen and oxygen atoms in total. The maximum Gasteiger partial charge on any atom is 0.220 e. The van der Waals surface area contributed by atoms with Gasteiger partial charge in [-0.05, 0) is 72.2 Å². The number of aromatic nitrogens is 1. The highest BCUT2D eigenvalue weighted by molar-refractivity contribution is 6.10. The highest BCUT2D eigenvalue weighted by Crippen LogP contribution is 2.39. The number of pyridine rings is 1. The molecule has 1 aliphatic carbocycles. The van der Waals surface area contributed by atoms with E-state index in [0.29, 0.717) is 12.0 Å². The summed E-state index contributed by atoms with van der Waals surface area (Å²) in [7, 11) is 2.12. The quantitative estimate of drug-likeness (QED) is 0.258. The van der Waals surface area contributed by atoms with Crippen LogP contribution in [0.3, 0.4) is 0 Å². The van der Waals surface area contributed by atoms with Crippen molar-refractivity contribution in [3.05, 3.63) is 77.0 Å². The monoisotopic (exact) mass is 381 g/mol. The van der Waals surface area contributed by atoms with Crippen molar-refractivity contribution in [2.75, 3.05) is 0 Å². The summed E-state index contributed by atoms with van der Waals surface area (Å²) in [5, 5.41) is 4.62. The van der Waals surface area contributed by atoms with Gasteiger partial charge in [-0.15, -0.1) is 0 Å². The summed E-state index contributed by atoms with van der Waals surface area (Å²) in [4.78, 5) is 0. The van der Waals surface area contributed by atoms with Gasteiger partial charge < -0.3 is 0 Å². The number of benzene rings is 3. The molecule has 1 saturated carbocycles. The van der Waals surface area contributed by atoms with Crippen LogP contribution in [0.4, 0.5) is 0 Å². The summed E-state index contributed by atoms with van der Waals surface area (Å²) in [6, 6.07) is 18.4. The van der Waals surface area contributed by atoms with Gasteiger partial charge in [0.15, 0.2) is 5.69 Å². The van der Waals surface area contributed by atoms with Gasteiger partial charge in [0.1, 0.15) is 7.05 Å². The normalized spacial score (nSPS) is 15.4. The first-order chi connectivity index (χ1) is 14.5. The fraction of sp³-hybridized carbons (Fsp3) is 0.321. The predicted octanol–water partition coefficient (Wildman–Crippen LogP) is 7.07. The van der Waals surface area contributed by atoms with E-state index in [2.05, 4.69) is 80.9 Å². The van der Waals surface area contributed by atoms with E-state index in [9.17, 15) is 0 Å². The van der Waals surface area contributed by atoms with Gasteiger partial charge in [0.2, 0.25) is 5.69 Å². The van der Waals surface area contributed by atoms with Crippen LogP contribution >= 0.6 is 0 Å². The molecule has 0 bridgehead atoms. The number of hydrogen-bond acceptors (Lipinski definition) is 0. The number of aryl methyl sites for hydroxylation is 1. The maximum absolute atomic E-state index is 8.92. The molecular formula is C28H30N+. The average Bonchev–Trinajstić information content (AvgIpc) is 3.29. The molecule has 0 atom stereocenters. The van der Waals surface area contributed by atoms with Crippen LogP contribution in [0.15, 0.2) is 54.6 Å². The first-order valence-electron chi connectivity index (χ1n) is 11.4. The van der Waals surface area contributed by atoms with Crippen LogP contribution in [-0.2, 0) is 7.05 Å². The third kappa shape index (κ3) is 2.95. The van der Waals surface area contributed by atoms with E-state index in [0.717, 1.165) is 11.1 Å². The van der Waals surface area contributed by atoms with E-state index >= 15 is 0 Å². The van der Waals surface area contributed by atoms with E-state index in [-0.39, 0.29) is 0 Å². The van der Waals surface area contributed by atoms with Crippen molar-refractivity contribution in [1.82, 2.24) is 0 Å². The van der Waals surface area contributed by atoms with Gasteiger partial charge in [0.25, 0.3) is 0 Å².